The molecule has 3 aromatic rings. The van der Waals surface area contributed by atoms with Crippen LogP contribution in [0.2, 0.25) is 0 Å². The van der Waals surface area contributed by atoms with Crippen molar-refractivity contribution in [3.63, 3.8) is 0 Å². The molecule has 0 spiro atoms. The molecule has 0 bridgehead atoms. The van der Waals surface area contributed by atoms with Crippen LogP contribution in [0.1, 0.15) is 24.2 Å². The summed E-state index contributed by atoms with van der Waals surface area (Å²) >= 11 is 0. The first-order valence-electron chi connectivity index (χ1n) is 7.53. The Morgan fingerprint density at radius 2 is 2.16 bits per heavy atom. The number of aromatic amines is 1. The summed E-state index contributed by atoms with van der Waals surface area (Å²) in [5.74, 6) is -3.32. The number of nitrogens with zero attached hydrogens (tertiary/aromatic N) is 3. The molecule has 2 N–H and O–H groups in total. The zero-order valence-corrected chi connectivity index (χ0v) is 13.3. The molecule has 0 aliphatic heterocycles. The molecule has 1 aromatic carbocycles. The lowest BCUT2D eigenvalue weighted by Gasteiger charge is -2.27. The second-order valence-corrected chi connectivity index (χ2v) is 5.58. The van der Waals surface area contributed by atoms with E-state index in [1.165, 1.54) is 18.3 Å². The standard InChI is InChI=1S/C17H15FN4O3/c1-10(15-13(18)3-2-6-19-15)22(16(23)17(24)25)9-11-4-5-14-12(7-11)8-20-21-14/h2-8,10H,9H2,1H3,(H,20,21)(H,24,25). The second kappa shape index (κ2) is 6.68. The predicted molar refractivity (Wildman–Crippen MR) is 86.9 cm³/mol. The summed E-state index contributed by atoms with van der Waals surface area (Å²) < 4.78 is 14.0. The van der Waals surface area contributed by atoms with E-state index in [2.05, 4.69) is 15.2 Å². The molecule has 3 rings (SSSR count). The van der Waals surface area contributed by atoms with Crippen LogP contribution in [0.5, 0.6) is 0 Å². The van der Waals surface area contributed by atoms with E-state index >= 15 is 0 Å². The summed E-state index contributed by atoms with van der Waals surface area (Å²) in [6.45, 7) is 1.55. The van der Waals surface area contributed by atoms with E-state index in [0.717, 1.165) is 15.8 Å². The summed E-state index contributed by atoms with van der Waals surface area (Å²) in [6, 6.07) is 7.14. The third kappa shape index (κ3) is 3.32. The number of H-pyrrole nitrogens is 1. The van der Waals surface area contributed by atoms with E-state index in [-0.39, 0.29) is 12.2 Å². The lowest BCUT2D eigenvalue weighted by atomic mass is 10.1. The van der Waals surface area contributed by atoms with Crippen molar-refractivity contribution in [3.05, 3.63) is 59.8 Å². The van der Waals surface area contributed by atoms with Gasteiger partial charge in [0, 0.05) is 18.1 Å². The zero-order chi connectivity index (χ0) is 18.0. The molecular formula is C17H15FN4O3. The van der Waals surface area contributed by atoms with Crippen LogP contribution in [0.3, 0.4) is 0 Å². The van der Waals surface area contributed by atoms with Crippen molar-refractivity contribution in [3.8, 4) is 0 Å². The third-order valence-electron chi connectivity index (χ3n) is 3.95. The Labute approximate surface area is 142 Å². The van der Waals surface area contributed by atoms with Crippen LogP contribution in [0.4, 0.5) is 4.39 Å². The summed E-state index contributed by atoms with van der Waals surface area (Å²) in [4.78, 5) is 28.4. The maximum Gasteiger partial charge on any atom is 0.394 e. The number of carbonyl (C=O) groups excluding carboxylic acids is 1. The number of carboxylic acid groups (broad SMARTS) is 1. The highest BCUT2D eigenvalue weighted by Gasteiger charge is 2.29. The van der Waals surface area contributed by atoms with E-state index < -0.39 is 23.7 Å². The average molecular weight is 342 g/mol. The molecule has 25 heavy (non-hydrogen) atoms. The van der Waals surface area contributed by atoms with E-state index in [4.69, 9.17) is 5.11 Å². The second-order valence-electron chi connectivity index (χ2n) is 5.58. The number of pyridine rings is 1. The van der Waals surface area contributed by atoms with Crippen LogP contribution in [0.15, 0.2) is 42.7 Å². The Bertz CT molecular complexity index is 940. The molecular weight excluding hydrogens is 327 g/mol. The fraction of sp³-hybridized carbons (Fsp3) is 0.176. The van der Waals surface area contributed by atoms with E-state index in [0.29, 0.717) is 5.56 Å². The lowest BCUT2D eigenvalue weighted by Crippen LogP contribution is -2.38. The smallest absolute Gasteiger partial charge is 0.394 e. The van der Waals surface area contributed by atoms with Gasteiger partial charge < -0.3 is 10.0 Å². The first-order chi connectivity index (χ1) is 12.0. The van der Waals surface area contributed by atoms with E-state index in [9.17, 15) is 14.0 Å². The van der Waals surface area contributed by atoms with Gasteiger partial charge in [0.15, 0.2) is 0 Å². The Kier molecular flexibility index (Phi) is 4.42. The van der Waals surface area contributed by atoms with Gasteiger partial charge in [0.2, 0.25) is 0 Å². The number of carboxylic acids is 1. The van der Waals surface area contributed by atoms with Gasteiger partial charge in [-0.15, -0.1) is 0 Å². The Hall–Kier alpha value is -3.29. The number of nitrogens with one attached hydrogen (secondary N) is 1. The van der Waals surface area contributed by atoms with Gasteiger partial charge in [0.1, 0.15) is 5.82 Å². The minimum atomic E-state index is -1.60. The minimum Gasteiger partial charge on any atom is -0.474 e. The summed E-state index contributed by atoms with van der Waals surface area (Å²) in [5.41, 5.74) is 1.54. The van der Waals surface area contributed by atoms with Gasteiger partial charge in [-0.25, -0.2) is 9.18 Å². The Morgan fingerprint density at radius 3 is 2.88 bits per heavy atom. The molecule has 8 heteroatoms. The topological polar surface area (TPSA) is 99.2 Å². The van der Waals surface area contributed by atoms with Crippen molar-refractivity contribution in [1.82, 2.24) is 20.1 Å². The number of benzene rings is 1. The molecule has 0 fully saturated rings. The van der Waals surface area contributed by atoms with Gasteiger partial charge >= 0.3 is 11.9 Å². The van der Waals surface area contributed by atoms with E-state index in [1.54, 1.807) is 31.3 Å². The number of carbonyl (C=O) groups is 2. The minimum absolute atomic E-state index is 0.00341. The molecule has 128 valence electrons. The van der Waals surface area contributed by atoms with Gasteiger partial charge in [-0.05, 0) is 36.8 Å². The zero-order valence-electron chi connectivity index (χ0n) is 13.3. The Balaban J connectivity index is 1.95. The highest BCUT2D eigenvalue weighted by atomic mass is 19.1. The predicted octanol–water partition coefficient (Wildman–Crippen LogP) is 2.27. The Morgan fingerprint density at radius 1 is 1.36 bits per heavy atom. The number of fused-ring (bicyclic) bond motifs is 1. The molecule has 0 saturated heterocycles. The molecule has 2 heterocycles. The van der Waals surface area contributed by atoms with Crippen LogP contribution >= 0.6 is 0 Å². The molecule has 1 unspecified atom stereocenters. The maximum atomic E-state index is 14.0. The molecule has 0 radical (unpaired) electrons. The normalized spacial score (nSPS) is 12.1. The van der Waals surface area contributed by atoms with E-state index in [1.807, 2.05) is 0 Å². The van der Waals surface area contributed by atoms with Crippen LogP contribution < -0.4 is 0 Å². The molecule has 0 aliphatic rings. The lowest BCUT2D eigenvalue weighted by molar-refractivity contribution is -0.157. The molecule has 1 amide bonds. The number of halogens is 1. The molecule has 0 aliphatic carbocycles. The van der Waals surface area contributed by atoms with Crippen molar-refractivity contribution in [2.75, 3.05) is 0 Å². The number of aliphatic carboxylic acids is 1. The van der Waals surface area contributed by atoms with Crippen molar-refractivity contribution in [2.24, 2.45) is 0 Å². The largest absolute Gasteiger partial charge is 0.474 e. The van der Waals surface area contributed by atoms with Crippen LogP contribution in [0, 0.1) is 5.82 Å². The van der Waals surface area contributed by atoms with Crippen LogP contribution in [0.25, 0.3) is 10.9 Å². The van der Waals surface area contributed by atoms with Gasteiger partial charge in [0.25, 0.3) is 0 Å². The van der Waals surface area contributed by atoms with Crippen LogP contribution in [-0.2, 0) is 16.1 Å². The van der Waals surface area contributed by atoms with Crippen molar-refractivity contribution in [2.45, 2.75) is 19.5 Å². The molecule has 0 saturated carbocycles. The maximum absolute atomic E-state index is 14.0. The highest BCUT2D eigenvalue weighted by Crippen LogP contribution is 2.24. The third-order valence-corrected chi connectivity index (χ3v) is 3.95. The number of hydrogen-bond acceptors (Lipinski definition) is 4. The van der Waals surface area contributed by atoms with Gasteiger partial charge in [-0.1, -0.05) is 6.07 Å². The average Bonchev–Trinajstić information content (AvgIpc) is 3.06. The van der Waals surface area contributed by atoms with Gasteiger partial charge in [-0.3, -0.25) is 14.9 Å². The molecule has 7 nitrogen and oxygen atoms in total. The molecule has 1 atom stereocenters. The number of aromatic nitrogens is 3. The number of rotatable bonds is 4. The number of hydrogen-bond donors (Lipinski definition) is 2. The summed E-state index contributed by atoms with van der Waals surface area (Å²) in [6.07, 6.45) is 3.03. The van der Waals surface area contributed by atoms with Crippen molar-refractivity contribution < 1.29 is 19.1 Å². The fourth-order valence-corrected chi connectivity index (χ4v) is 2.65. The number of amides is 1. The summed E-state index contributed by atoms with van der Waals surface area (Å²) in [7, 11) is 0. The monoisotopic (exact) mass is 342 g/mol. The first kappa shape index (κ1) is 16.6. The SMILES string of the molecule is CC(c1ncccc1F)N(Cc1ccc2[nH]ncc2c1)C(=O)C(=O)O. The first-order valence-corrected chi connectivity index (χ1v) is 7.53. The highest BCUT2D eigenvalue weighted by molar-refractivity contribution is 6.31. The van der Waals surface area contributed by atoms with Crippen molar-refractivity contribution in [1.29, 1.82) is 0 Å². The van der Waals surface area contributed by atoms with Gasteiger partial charge in [0.05, 0.1) is 23.4 Å². The molecule has 2 aromatic heterocycles. The van der Waals surface area contributed by atoms with Crippen LogP contribution in [-0.4, -0.2) is 37.1 Å². The van der Waals surface area contributed by atoms with Crippen molar-refractivity contribution >= 4 is 22.8 Å². The quantitative estimate of drug-likeness (QED) is 0.709. The fourth-order valence-electron chi connectivity index (χ4n) is 2.65. The summed E-state index contributed by atoms with van der Waals surface area (Å²) in [5, 5.41) is 16.7. The van der Waals surface area contributed by atoms with Gasteiger partial charge in [-0.2, -0.15) is 5.10 Å².